The average molecular weight is 278 g/mol. The largest absolute Gasteiger partial charge is 0.495 e. The summed E-state index contributed by atoms with van der Waals surface area (Å²) in [6, 6.07) is 8.04. The SMILES string of the molecule is COc1ccc(NC(=O)Nc2ccncc2)cc1Cl. The van der Waals surface area contributed by atoms with E-state index in [9.17, 15) is 4.79 Å². The molecule has 2 N–H and O–H groups in total. The molecule has 0 aliphatic carbocycles. The van der Waals surface area contributed by atoms with Crippen LogP contribution in [0, 0.1) is 0 Å². The number of carbonyl (C=O) groups is 1. The molecule has 2 amide bonds. The molecule has 0 aliphatic rings. The molecule has 0 aliphatic heterocycles. The number of rotatable bonds is 3. The zero-order valence-corrected chi connectivity index (χ0v) is 10.9. The van der Waals surface area contributed by atoms with Gasteiger partial charge in [0.1, 0.15) is 5.75 Å². The van der Waals surface area contributed by atoms with Crippen LogP contribution in [0.3, 0.4) is 0 Å². The number of benzene rings is 1. The van der Waals surface area contributed by atoms with Crippen LogP contribution >= 0.6 is 11.6 Å². The monoisotopic (exact) mass is 277 g/mol. The first-order chi connectivity index (χ1) is 9.19. The van der Waals surface area contributed by atoms with Crippen molar-refractivity contribution >= 4 is 29.0 Å². The highest BCUT2D eigenvalue weighted by Gasteiger charge is 2.05. The summed E-state index contributed by atoms with van der Waals surface area (Å²) in [5.41, 5.74) is 1.24. The maximum absolute atomic E-state index is 11.7. The molecule has 0 unspecified atom stereocenters. The van der Waals surface area contributed by atoms with Crippen molar-refractivity contribution in [3.63, 3.8) is 0 Å². The second kappa shape index (κ2) is 6.06. The molecule has 2 rings (SSSR count). The normalized spacial score (nSPS) is 9.79. The number of aromatic nitrogens is 1. The third kappa shape index (κ3) is 3.59. The molecule has 2 aromatic rings. The second-order valence-corrected chi connectivity index (χ2v) is 4.07. The lowest BCUT2D eigenvalue weighted by Crippen LogP contribution is -2.19. The first-order valence-electron chi connectivity index (χ1n) is 5.50. The fourth-order valence-corrected chi connectivity index (χ4v) is 1.73. The highest BCUT2D eigenvalue weighted by Crippen LogP contribution is 2.27. The lowest BCUT2D eigenvalue weighted by atomic mass is 10.3. The minimum absolute atomic E-state index is 0.354. The average Bonchev–Trinajstić information content (AvgIpc) is 2.40. The van der Waals surface area contributed by atoms with Crippen molar-refractivity contribution in [1.29, 1.82) is 0 Å². The van der Waals surface area contributed by atoms with Gasteiger partial charge >= 0.3 is 6.03 Å². The number of amides is 2. The van der Waals surface area contributed by atoms with Crippen molar-refractivity contribution in [1.82, 2.24) is 4.98 Å². The number of nitrogens with zero attached hydrogens (tertiary/aromatic N) is 1. The number of ether oxygens (including phenoxy) is 1. The smallest absolute Gasteiger partial charge is 0.323 e. The topological polar surface area (TPSA) is 63.2 Å². The van der Waals surface area contributed by atoms with E-state index in [1.165, 1.54) is 7.11 Å². The molecule has 0 spiro atoms. The molecule has 1 aromatic heterocycles. The lowest BCUT2D eigenvalue weighted by molar-refractivity contribution is 0.262. The molecular weight excluding hydrogens is 266 g/mol. The summed E-state index contributed by atoms with van der Waals surface area (Å²) in [5, 5.41) is 5.78. The zero-order chi connectivity index (χ0) is 13.7. The van der Waals surface area contributed by atoms with E-state index in [0.29, 0.717) is 22.1 Å². The van der Waals surface area contributed by atoms with Crippen LogP contribution < -0.4 is 15.4 Å². The van der Waals surface area contributed by atoms with Gasteiger partial charge in [0.05, 0.1) is 12.1 Å². The Labute approximate surface area is 115 Å². The van der Waals surface area contributed by atoms with Gasteiger partial charge in [0.2, 0.25) is 0 Å². The first kappa shape index (κ1) is 13.2. The molecule has 0 bridgehead atoms. The number of carbonyl (C=O) groups excluding carboxylic acids is 1. The minimum atomic E-state index is -0.354. The van der Waals surface area contributed by atoms with Gasteiger partial charge in [-0.1, -0.05) is 11.6 Å². The zero-order valence-electron chi connectivity index (χ0n) is 10.2. The molecule has 6 heteroatoms. The van der Waals surface area contributed by atoms with Gasteiger partial charge in [-0.3, -0.25) is 4.98 Å². The van der Waals surface area contributed by atoms with Gasteiger partial charge in [-0.2, -0.15) is 0 Å². The van der Waals surface area contributed by atoms with E-state index in [4.69, 9.17) is 16.3 Å². The van der Waals surface area contributed by atoms with Gasteiger partial charge in [-0.05, 0) is 30.3 Å². The predicted molar refractivity (Wildman–Crippen MR) is 74.9 cm³/mol. The molecule has 5 nitrogen and oxygen atoms in total. The first-order valence-corrected chi connectivity index (χ1v) is 5.88. The van der Waals surface area contributed by atoms with E-state index in [1.54, 1.807) is 42.7 Å². The van der Waals surface area contributed by atoms with Crippen LogP contribution in [0.2, 0.25) is 5.02 Å². The van der Waals surface area contributed by atoms with Crippen molar-refractivity contribution in [3.05, 3.63) is 47.7 Å². The number of hydrogen-bond donors (Lipinski definition) is 2. The molecule has 0 saturated heterocycles. The quantitative estimate of drug-likeness (QED) is 0.904. The van der Waals surface area contributed by atoms with Gasteiger partial charge in [-0.15, -0.1) is 0 Å². The maximum Gasteiger partial charge on any atom is 0.323 e. The summed E-state index contributed by atoms with van der Waals surface area (Å²) in [6.07, 6.45) is 3.19. The number of urea groups is 1. The number of anilines is 2. The molecule has 0 radical (unpaired) electrons. The van der Waals surface area contributed by atoms with E-state index >= 15 is 0 Å². The van der Waals surface area contributed by atoms with E-state index in [2.05, 4.69) is 15.6 Å². The van der Waals surface area contributed by atoms with Gasteiger partial charge in [0.15, 0.2) is 0 Å². The van der Waals surface area contributed by atoms with Gasteiger partial charge in [0.25, 0.3) is 0 Å². The van der Waals surface area contributed by atoms with Crippen LogP contribution in [-0.2, 0) is 0 Å². The summed E-state index contributed by atoms with van der Waals surface area (Å²) < 4.78 is 5.03. The summed E-state index contributed by atoms with van der Waals surface area (Å²) >= 11 is 5.97. The van der Waals surface area contributed by atoms with Crippen LogP contribution in [0.1, 0.15) is 0 Å². The Morgan fingerprint density at radius 2 is 1.84 bits per heavy atom. The van der Waals surface area contributed by atoms with E-state index in [-0.39, 0.29) is 6.03 Å². The number of nitrogens with one attached hydrogen (secondary N) is 2. The number of hydrogen-bond acceptors (Lipinski definition) is 3. The Morgan fingerprint density at radius 3 is 2.47 bits per heavy atom. The number of halogens is 1. The van der Waals surface area contributed by atoms with Crippen LogP contribution in [0.4, 0.5) is 16.2 Å². The number of pyridine rings is 1. The van der Waals surface area contributed by atoms with Crippen LogP contribution in [-0.4, -0.2) is 18.1 Å². The highest BCUT2D eigenvalue weighted by atomic mass is 35.5. The van der Waals surface area contributed by atoms with Crippen molar-refractivity contribution in [2.45, 2.75) is 0 Å². The van der Waals surface area contributed by atoms with Gasteiger partial charge in [-0.25, -0.2) is 4.79 Å². The lowest BCUT2D eigenvalue weighted by Gasteiger charge is -2.09. The summed E-state index contributed by atoms with van der Waals surface area (Å²) in [4.78, 5) is 15.6. The van der Waals surface area contributed by atoms with Crippen LogP contribution in [0.25, 0.3) is 0 Å². The fraction of sp³-hybridized carbons (Fsp3) is 0.0769. The Hall–Kier alpha value is -2.27. The number of methoxy groups -OCH3 is 1. The van der Waals surface area contributed by atoms with Gasteiger partial charge in [0, 0.05) is 23.8 Å². The predicted octanol–water partition coefficient (Wildman–Crippen LogP) is 3.39. The molecule has 98 valence electrons. The van der Waals surface area contributed by atoms with E-state index in [1.807, 2.05) is 0 Å². The van der Waals surface area contributed by atoms with Crippen LogP contribution in [0.5, 0.6) is 5.75 Å². The Morgan fingerprint density at radius 1 is 1.16 bits per heavy atom. The minimum Gasteiger partial charge on any atom is -0.495 e. The maximum atomic E-state index is 11.7. The van der Waals surface area contributed by atoms with Crippen molar-refractivity contribution < 1.29 is 9.53 Å². The van der Waals surface area contributed by atoms with Crippen molar-refractivity contribution in [3.8, 4) is 5.75 Å². The highest BCUT2D eigenvalue weighted by molar-refractivity contribution is 6.32. The third-order valence-corrected chi connectivity index (χ3v) is 2.64. The summed E-state index contributed by atoms with van der Waals surface area (Å²) in [5.74, 6) is 0.557. The Kier molecular flexibility index (Phi) is 4.20. The van der Waals surface area contributed by atoms with Gasteiger partial charge < -0.3 is 15.4 Å². The standard InChI is InChI=1S/C13H12ClN3O2/c1-19-12-3-2-10(8-11(12)14)17-13(18)16-9-4-6-15-7-5-9/h2-8H,1H3,(H2,15,16,17,18). The summed E-state index contributed by atoms with van der Waals surface area (Å²) in [7, 11) is 1.53. The molecule has 19 heavy (non-hydrogen) atoms. The summed E-state index contributed by atoms with van der Waals surface area (Å²) in [6.45, 7) is 0. The molecular formula is C13H12ClN3O2. The Bertz CT molecular complexity index is 575. The Balaban J connectivity index is 2.01. The molecule has 1 aromatic carbocycles. The van der Waals surface area contributed by atoms with E-state index < -0.39 is 0 Å². The van der Waals surface area contributed by atoms with Crippen molar-refractivity contribution in [2.24, 2.45) is 0 Å². The second-order valence-electron chi connectivity index (χ2n) is 3.66. The molecule has 0 fully saturated rings. The fourth-order valence-electron chi connectivity index (χ4n) is 1.47. The van der Waals surface area contributed by atoms with Crippen molar-refractivity contribution in [2.75, 3.05) is 17.7 Å². The molecule has 1 heterocycles. The third-order valence-electron chi connectivity index (χ3n) is 2.35. The van der Waals surface area contributed by atoms with E-state index in [0.717, 1.165) is 0 Å². The molecule has 0 atom stereocenters. The van der Waals surface area contributed by atoms with Crippen LogP contribution in [0.15, 0.2) is 42.7 Å². The molecule has 0 saturated carbocycles.